The molecule has 0 unspecified atom stereocenters. The van der Waals surface area contributed by atoms with Crippen LogP contribution in [0.2, 0.25) is 0 Å². The van der Waals surface area contributed by atoms with Crippen LogP contribution in [0.25, 0.3) is 0 Å². The van der Waals surface area contributed by atoms with Crippen LogP contribution in [0.3, 0.4) is 0 Å². The molecule has 8 heteroatoms. The van der Waals surface area contributed by atoms with Crippen LogP contribution in [0.1, 0.15) is 15.9 Å². The van der Waals surface area contributed by atoms with Gasteiger partial charge in [0, 0.05) is 16.6 Å². The molecule has 1 N–H and O–H groups in total. The van der Waals surface area contributed by atoms with Gasteiger partial charge < -0.3 is 4.74 Å². The van der Waals surface area contributed by atoms with E-state index in [1.54, 1.807) is 18.2 Å². The van der Waals surface area contributed by atoms with Gasteiger partial charge in [0.25, 0.3) is 11.6 Å². The Balaban J connectivity index is 2.06. The lowest BCUT2D eigenvalue weighted by molar-refractivity contribution is -0.384. The quantitative estimate of drug-likeness (QED) is 0.491. The van der Waals surface area contributed by atoms with Crippen molar-refractivity contribution in [2.75, 3.05) is 7.11 Å². The van der Waals surface area contributed by atoms with E-state index in [0.29, 0.717) is 16.9 Å². The molecule has 0 aliphatic heterocycles. The minimum Gasteiger partial charge on any atom is -0.496 e. The summed E-state index contributed by atoms with van der Waals surface area (Å²) in [7, 11) is 1.47. The molecule has 2 rings (SSSR count). The van der Waals surface area contributed by atoms with Crippen molar-refractivity contribution < 1.29 is 14.5 Å². The number of nitro benzene ring substituents is 1. The van der Waals surface area contributed by atoms with Crippen molar-refractivity contribution in [1.29, 1.82) is 0 Å². The van der Waals surface area contributed by atoms with E-state index in [4.69, 9.17) is 4.74 Å². The number of non-ortho nitro benzene ring substituents is 1. The van der Waals surface area contributed by atoms with Crippen LogP contribution in [-0.2, 0) is 0 Å². The Kier molecular flexibility index (Phi) is 5.42. The molecule has 0 spiro atoms. The van der Waals surface area contributed by atoms with Crippen molar-refractivity contribution in [3.8, 4) is 5.75 Å². The van der Waals surface area contributed by atoms with Crippen LogP contribution in [0.4, 0.5) is 5.69 Å². The number of nitrogens with zero attached hydrogens (tertiary/aromatic N) is 2. The van der Waals surface area contributed by atoms with E-state index < -0.39 is 10.8 Å². The first-order valence-corrected chi connectivity index (χ1v) is 7.22. The maximum absolute atomic E-state index is 12.1. The molecule has 0 aliphatic carbocycles. The lowest BCUT2D eigenvalue weighted by atomic mass is 10.2. The highest BCUT2D eigenvalue weighted by Crippen LogP contribution is 2.22. The number of amides is 1. The summed E-state index contributed by atoms with van der Waals surface area (Å²) in [6, 6.07) is 10.8. The zero-order valence-electron chi connectivity index (χ0n) is 12.0. The van der Waals surface area contributed by atoms with Crippen molar-refractivity contribution in [2.45, 2.75) is 0 Å². The minimum absolute atomic E-state index is 0.00921. The van der Waals surface area contributed by atoms with Gasteiger partial charge >= 0.3 is 0 Å². The average Bonchev–Trinajstić information content (AvgIpc) is 2.55. The monoisotopic (exact) mass is 377 g/mol. The molecule has 0 aromatic heterocycles. The van der Waals surface area contributed by atoms with Crippen LogP contribution in [-0.4, -0.2) is 24.2 Å². The first-order valence-electron chi connectivity index (χ1n) is 6.42. The largest absolute Gasteiger partial charge is 0.496 e. The summed E-state index contributed by atoms with van der Waals surface area (Å²) in [5.74, 6) is -0.00227. The molecular weight excluding hydrogens is 366 g/mol. The molecule has 0 heterocycles. The highest BCUT2D eigenvalue weighted by Gasteiger charge is 2.12. The Bertz CT molecular complexity index is 760. The maximum Gasteiger partial charge on any atom is 0.275 e. The van der Waals surface area contributed by atoms with E-state index in [-0.39, 0.29) is 5.69 Å². The third kappa shape index (κ3) is 4.36. The van der Waals surface area contributed by atoms with E-state index in [2.05, 4.69) is 26.5 Å². The van der Waals surface area contributed by atoms with Gasteiger partial charge in [-0.1, -0.05) is 15.9 Å². The second kappa shape index (κ2) is 7.50. The summed E-state index contributed by atoms with van der Waals surface area (Å²) >= 11 is 3.29. The van der Waals surface area contributed by atoms with Crippen molar-refractivity contribution >= 4 is 33.7 Å². The Hall–Kier alpha value is -2.74. The first-order chi connectivity index (χ1) is 11.0. The molecule has 2 aromatic carbocycles. The van der Waals surface area contributed by atoms with Gasteiger partial charge in [-0.25, -0.2) is 5.43 Å². The molecule has 0 atom stereocenters. The smallest absolute Gasteiger partial charge is 0.275 e. The van der Waals surface area contributed by atoms with E-state index >= 15 is 0 Å². The van der Waals surface area contributed by atoms with Crippen molar-refractivity contribution in [2.24, 2.45) is 5.10 Å². The number of rotatable bonds is 5. The highest BCUT2D eigenvalue weighted by molar-refractivity contribution is 9.10. The Labute approximate surface area is 140 Å². The number of methoxy groups -OCH3 is 1. The zero-order chi connectivity index (χ0) is 16.8. The van der Waals surface area contributed by atoms with E-state index in [1.165, 1.54) is 37.6 Å². The molecule has 0 fully saturated rings. The average molecular weight is 378 g/mol. The standard InChI is InChI=1S/C15H12BrN3O4/c1-23-14-7-4-11(16)8-13(14)15(20)18-17-9-10-2-5-12(6-3-10)19(21)22/h2-9H,1H3,(H,18,20)/b17-9-. The van der Waals surface area contributed by atoms with Gasteiger partial charge in [-0.3, -0.25) is 14.9 Å². The summed E-state index contributed by atoms with van der Waals surface area (Å²) in [5, 5.41) is 14.4. The third-order valence-corrected chi connectivity index (χ3v) is 3.38. The molecule has 0 bridgehead atoms. The number of benzene rings is 2. The van der Waals surface area contributed by atoms with E-state index in [1.807, 2.05) is 0 Å². The van der Waals surface area contributed by atoms with Crippen LogP contribution in [0.15, 0.2) is 52.0 Å². The Morgan fingerprint density at radius 2 is 2.00 bits per heavy atom. The Morgan fingerprint density at radius 1 is 1.30 bits per heavy atom. The van der Waals surface area contributed by atoms with Crippen molar-refractivity contribution in [3.05, 3.63) is 68.2 Å². The predicted molar refractivity (Wildman–Crippen MR) is 88.9 cm³/mol. The van der Waals surface area contributed by atoms with E-state index in [9.17, 15) is 14.9 Å². The molecule has 0 saturated heterocycles. The molecule has 2 aromatic rings. The van der Waals surface area contributed by atoms with Gasteiger partial charge in [0.2, 0.25) is 0 Å². The fraction of sp³-hybridized carbons (Fsp3) is 0.0667. The van der Waals surface area contributed by atoms with Gasteiger partial charge in [-0.15, -0.1) is 0 Å². The maximum atomic E-state index is 12.1. The number of carbonyl (C=O) groups is 1. The van der Waals surface area contributed by atoms with E-state index in [0.717, 1.165) is 4.47 Å². The number of ether oxygens (including phenoxy) is 1. The lowest BCUT2D eigenvalue weighted by Crippen LogP contribution is -2.18. The summed E-state index contributed by atoms with van der Waals surface area (Å²) in [5.41, 5.74) is 3.33. The molecule has 1 amide bonds. The van der Waals surface area contributed by atoms with Crippen molar-refractivity contribution in [3.63, 3.8) is 0 Å². The third-order valence-electron chi connectivity index (χ3n) is 2.89. The second-order valence-corrected chi connectivity index (χ2v) is 5.31. The molecule has 7 nitrogen and oxygen atoms in total. The SMILES string of the molecule is COc1ccc(Br)cc1C(=O)N/N=C\c1ccc([N+](=O)[O-])cc1. The molecule has 0 saturated carbocycles. The number of hydrogen-bond donors (Lipinski definition) is 1. The minimum atomic E-state index is -0.484. The molecule has 23 heavy (non-hydrogen) atoms. The second-order valence-electron chi connectivity index (χ2n) is 4.39. The molecular formula is C15H12BrN3O4. The fourth-order valence-corrected chi connectivity index (χ4v) is 2.13. The fourth-order valence-electron chi connectivity index (χ4n) is 1.77. The Morgan fingerprint density at radius 3 is 2.61 bits per heavy atom. The highest BCUT2D eigenvalue weighted by atomic mass is 79.9. The topological polar surface area (TPSA) is 93.8 Å². The first kappa shape index (κ1) is 16.6. The number of hydrogen-bond acceptors (Lipinski definition) is 5. The van der Waals surface area contributed by atoms with Crippen LogP contribution >= 0.6 is 15.9 Å². The predicted octanol–water partition coefficient (Wildman–Crippen LogP) is 3.13. The van der Waals surface area contributed by atoms with Gasteiger partial charge in [-0.05, 0) is 35.9 Å². The van der Waals surface area contributed by atoms with Gasteiger partial charge in [0.15, 0.2) is 0 Å². The number of halogens is 1. The summed E-state index contributed by atoms with van der Waals surface area (Å²) < 4.78 is 5.86. The zero-order valence-corrected chi connectivity index (χ0v) is 13.6. The summed E-state index contributed by atoms with van der Waals surface area (Å²) in [4.78, 5) is 22.2. The van der Waals surface area contributed by atoms with Gasteiger partial charge in [0.05, 0.1) is 23.8 Å². The molecule has 0 aliphatic rings. The van der Waals surface area contributed by atoms with Crippen LogP contribution in [0.5, 0.6) is 5.75 Å². The summed E-state index contributed by atoms with van der Waals surface area (Å²) in [6.45, 7) is 0. The normalized spacial score (nSPS) is 10.5. The number of hydrazone groups is 1. The number of nitrogens with one attached hydrogen (secondary N) is 1. The van der Waals surface area contributed by atoms with Gasteiger partial charge in [0.1, 0.15) is 5.75 Å². The van der Waals surface area contributed by atoms with Gasteiger partial charge in [-0.2, -0.15) is 5.10 Å². The molecule has 118 valence electrons. The number of nitro groups is 1. The van der Waals surface area contributed by atoms with Crippen LogP contribution in [0, 0.1) is 10.1 Å². The molecule has 0 radical (unpaired) electrons. The van der Waals surface area contributed by atoms with Crippen LogP contribution < -0.4 is 10.2 Å². The summed E-state index contributed by atoms with van der Waals surface area (Å²) in [6.07, 6.45) is 1.39. The van der Waals surface area contributed by atoms with Crippen molar-refractivity contribution in [1.82, 2.24) is 5.43 Å². The lowest BCUT2D eigenvalue weighted by Gasteiger charge is -2.07. The number of carbonyl (C=O) groups excluding carboxylic acids is 1.